The van der Waals surface area contributed by atoms with Gasteiger partial charge in [-0.1, -0.05) is 13.3 Å². The minimum absolute atomic E-state index is 0.443. The maximum Gasteiger partial charge on any atom is 0.133 e. The minimum atomic E-state index is 0.443. The molecule has 0 bridgehead atoms. The standard InChI is InChI=1S/C14H33N5O/c1-2-3-4-15-5-6-16-7-8-17-9-10-18-11-12-19-13-14-20/h14-19H,2-13H2,1H3. The van der Waals surface area contributed by atoms with Crippen LogP contribution in [0.2, 0.25) is 0 Å². The molecule has 120 valence electrons. The van der Waals surface area contributed by atoms with Gasteiger partial charge in [-0.15, -0.1) is 0 Å². The molecule has 0 aromatic rings. The first-order valence-corrected chi connectivity index (χ1v) is 7.89. The zero-order valence-corrected chi connectivity index (χ0v) is 13.0. The lowest BCUT2D eigenvalue weighted by Crippen LogP contribution is -2.36. The van der Waals surface area contributed by atoms with Crippen molar-refractivity contribution < 1.29 is 4.79 Å². The van der Waals surface area contributed by atoms with Crippen molar-refractivity contribution in [3.05, 3.63) is 0 Å². The van der Waals surface area contributed by atoms with Crippen molar-refractivity contribution in [1.82, 2.24) is 26.6 Å². The average molecular weight is 287 g/mol. The summed E-state index contributed by atoms with van der Waals surface area (Å²) in [5.41, 5.74) is 0. The predicted molar refractivity (Wildman–Crippen MR) is 85.3 cm³/mol. The molecule has 0 aliphatic carbocycles. The number of rotatable bonds is 17. The highest BCUT2D eigenvalue weighted by molar-refractivity contribution is 5.51. The van der Waals surface area contributed by atoms with E-state index in [1.807, 2.05) is 0 Å². The van der Waals surface area contributed by atoms with Crippen molar-refractivity contribution in [1.29, 1.82) is 0 Å². The van der Waals surface area contributed by atoms with Crippen LogP contribution in [0, 0.1) is 0 Å². The van der Waals surface area contributed by atoms with Crippen molar-refractivity contribution in [2.75, 3.05) is 65.4 Å². The van der Waals surface area contributed by atoms with E-state index in [1.165, 1.54) is 12.8 Å². The maximum absolute atomic E-state index is 10.0. The fraction of sp³-hybridized carbons (Fsp3) is 0.929. The quantitative estimate of drug-likeness (QED) is 0.173. The van der Waals surface area contributed by atoms with Crippen molar-refractivity contribution in [3.8, 4) is 0 Å². The Kier molecular flexibility index (Phi) is 18.0. The summed E-state index contributed by atoms with van der Waals surface area (Å²) >= 11 is 0. The molecular formula is C14H33N5O. The summed E-state index contributed by atoms with van der Waals surface area (Å²) in [4.78, 5) is 10.0. The van der Waals surface area contributed by atoms with E-state index < -0.39 is 0 Å². The van der Waals surface area contributed by atoms with Crippen LogP contribution in [0.15, 0.2) is 0 Å². The molecule has 20 heavy (non-hydrogen) atoms. The van der Waals surface area contributed by atoms with Crippen LogP contribution in [-0.4, -0.2) is 71.7 Å². The molecule has 0 saturated carbocycles. The van der Waals surface area contributed by atoms with Crippen molar-refractivity contribution >= 4 is 6.29 Å². The molecule has 0 aliphatic heterocycles. The van der Waals surface area contributed by atoms with Gasteiger partial charge >= 0.3 is 0 Å². The van der Waals surface area contributed by atoms with Crippen LogP contribution in [-0.2, 0) is 4.79 Å². The van der Waals surface area contributed by atoms with E-state index in [2.05, 4.69) is 33.5 Å². The first-order chi connectivity index (χ1) is 9.91. The van der Waals surface area contributed by atoms with Crippen LogP contribution in [0.5, 0.6) is 0 Å². The van der Waals surface area contributed by atoms with Gasteiger partial charge in [-0.25, -0.2) is 0 Å². The Bertz CT molecular complexity index is 192. The molecule has 0 aromatic heterocycles. The topological polar surface area (TPSA) is 77.2 Å². The Morgan fingerprint density at radius 3 is 1.45 bits per heavy atom. The van der Waals surface area contributed by atoms with E-state index in [4.69, 9.17) is 0 Å². The lowest BCUT2D eigenvalue weighted by Gasteiger charge is -2.08. The molecule has 0 rings (SSSR count). The molecule has 5 N–H and O–H groups in total. The second-order valence-electron chi connectivity index (χ2n) is 4.72. The number of carbonyl (C=O) groups is 1. The molecule has 0 radical (unpaired) electrons. The molecule has 0 spiro atoms. The van der Waals surface area contributed by atoms with Gasteiger partial charge in [-0.2, -0.15) is 0 Å². The van der Waals surface area contributed by atoms with E-state index >= 15 is 0 Å². The third-order valence-electron chi connectivity index (χ3n) is 2.85. The zero-order chi connectivity index (χ0) is 14.7. The lowest BCUT2D eigenvalue weighted by molar-refractivity contribution is -0.107. The van der Waals surface area contributed by atoms with Crippen LogP contribution in [0.1, 0.15) is 19.8 Å². The summed E-state index contributed by atoms with van der Waals surface area (Å²) in [5.74, 6) is 0. The van der Waals surface area contributed by atoms with Crippen molar-refractivity contribution in [2.45, 2.75) is 19.8 Å². The molecule has 0 saturated heterocycles. The van der Waals surface area contributed by atoms with Gasteiger partial charge in [0.05, 0.1) is 6.54 Å². The van der Waals surface area contributed by atoms with Crippen molar-refractivity contribution in [2.24, 2.45) is 0 Å². The third kappa shape index (κ3) is 17.5. The summed E-state index contributed by atoms with van der Waals surface area (Å²) in [5, 5.41) is 16.5. The molecule has 0 fully saturated rings. The zero-order valence-electron chi connectivity index (χ0n) is 13.0. The monoisotopic (exact) mass is 287 g/mol. The van der Waals surface area contributed by atoms with Crippen LogP contribution >= 0.6 is 0 Å². The summed E-state index contributed by atoms with van der Waals surface area (Å²) in [6.07, 6.45) is 3.40. The lowest BCUT2D eigenvalue weighted by atomic mass is 10.3. The fourth-order valence-electron chi connectivity index (χ4n) is 1.67. The van der Waals surface area contributed by atoms with Crippen LogP contribution in [0.3, 0.4) is 0 Å². The van der Waals surface area contributed by atoms with Crippen LogP contribution < -0.4 is 26.6 Å². The SMILES string of the molecule is CCCCNCCNCCNCCNCCNCC=O. The van der Waals surface area contributed by atoms with E-state index in [1.54, 1.807) is 0 Å². The molecule has 0 unspecified atom stereocenters. The van der Waals surface area contributed by atoms with Crippen LogP contribution in [0.4, 0.5) is 0 Å². The van der Waals surface area contributed by atoms with Gasteiger partial charge in [0.2, 0.25) is 0 Å². The maximum atomic E-state index is 10.0. The summed E-state index contributed by atoms with van der Waals surface area (Å²) in [6.45, 7) is 11.6. The molecule has 0 heterocycles. The van der Waals surface area contributed by atoms with Gasteiger partial charge in [0.15, 0.2) is 0 Å². The number of aldehydes is 1. The Labute approximate surface area is 123 Å². The van der Waals surface area contributed by atoms with Gasteiger partial charge in [-0.05, 0) is 13.0 Å². The third-order valence-corrected chi connectivity index (χ3v) is 2.85. The number of carbonyl (C=O) groups excluding carboxylic acids is 1. The first-order valence-electron chi connectivity index (χ1n) is 7.89. The molecule has 0 aliphatic rings. The van der Waals surface area contributed by atoms with Gasteiger partial charge in [0.1, 0.15) is 6.29 Å². The molecule has 6 heteroatoms. The van der Waals surface area contributed by atoms with E-state index in [9.17, 15) is 4.79 Å². The van der Waals surface area contributed by atoms with Gasteiger partial charge in [0.25, 0.3) is 0 Å². The Balaban J connectivity index is 2.90. The molecule has 0 amide bonds. The molecule has 6 nitrogen and oxygen atoms in total. The summed E-state index contributed by atoms with van der Waals surface area (Å²) in [6, 6.07) is 0. The smallest absolute Gasteiger partial charge is 0.133 e. The van der Waals surface area contributed by atoms with E-state index in [0.717, 1.165) is 65.2 Å². The van der Waals surface area contributed by atoms with Gasteiger partial charge < -0.3 is 31.4 Å². The highest BCUT2D eigenvalue weighted by Crippen LogP contribution is 1.80. The molecule has 0 atom stereocenters. The van der Waals surface area contributed by atoms with Gasteiger partial charge in [0, 0.05) is 52.4 Å². The second-order valence-corrected chi connectivity index (χ2v) is 4.72. The minimum Gasteiger partial charge on any atom is -0.315 e. The fourth-order valence-corrected chi connectivity index (χ4v) is 1.67. The Hall–Kier alpha value is -0.530. The summed E-state index contributed by atoms with van der Waals surface area (Å²) in [7, 11) is 0. The van der Waals surface area contributed by atoms with E-state index in [-0.39, 0.29) is 0 Å². The number of nitrogens with one attached hydrogen (secondary N) is 5. The van der Waals surface area contributed by atoms with Crippen molar-refractivity contribution in [3.63, 3.8) is 0 Å². The largest absolute Gasteiger partial charge is 0.315 e. The predicted octanol–water partition coefficient (Wildman–Crippen LogP) is -1.07. The second kappa shape index (κ2) is 18.5. The molecule has 0 aromatic carbocycles. The highest BCUT2D eigenvalue weighted by Gasteiger charge is 1.90. The number of hydrogen-bond acceptors (Lipinski definition) is 6. The van der Waals surface area contributed by atoms with E-state index in [0.29, 0.717) is 6.54 Å². The summed E-state index contributed by atoms with van der Waals surface area (Å²) < 4.78 is 0. The van der Waals surface area contributed by atoms with Gasteiger partial charge in [-0.3, -0.25) is 0 Å². The normalized spacial score (nSPS) is 10.8. The molecular weight excluding hydrogens is 254 g/mol. The average Bonchev–Trinajstić information content (AvgIpc) is 2.47. The first kappa shape index (κ1) is 19.5. The number of hydrogen-bond donors (Lipinski definition) is 5. The number of unbranched alkanes of at least 4 members (excludes halogenated alkanes) is 1. The highest BCUT2D eigenvalue weighted by atomic mass is 16.1. The Morgan fingerprint density at radius 2 is 1.05 bits per heavy atom. The Morgan fingerprint density at radius 1 is 0.650 bits per heavy atom. The van der Waals surface area contributed by atoms with Crippen LogP contribution in [0.25, 0.3) is 0 Å².